The molecule has 2 nitrogen and oxygen atoms in total. The number of aliphatic hydroxyl groups is 1. The van der Waals surface area contributed by atoms with Gasteiger partial charge in [0, 0.05) is 0 Å². The Kier molecular flexibility index (Phi) is 4.97. The van der Waals surface area contributed by atoms with Gasteiger partial charge in [0.1, 0.15) is 12.4 Å². The summed E-state index contributed by atoms with van der Waals surface area (Å²) >= 11 is 0. The van der Waals surface area contributed by atoms with Gasteiger partial charge in [0.05, 0.1) is 6.61 Å². The Morgan fingerprint density at radius 2 is 1.54 bits per heavy atom. The van der Waals surface area contributed by atoms with Crippen molar-refractivity contribution in [2.45, 2.75) is 27.1 Å². The van der Waals surface area contributed by atoms with Gasteiger partial charge in [-0.25, -0.2) is 0 Å². The fourth-order valence-corrected chi connectivity index (χ4v) is 2.96. The lowest BCUT2D eigenvalue weighted by molar-refractivity contribution is 0.281. The Hall–Kier alpha value is -2.58. The molecule has 0 amide bonds. The maximum absolute atomic E-state index is 9.48. The fraction of sp³-hybridized carbons (Fsp3) is 0.182. The molecule has 24 heavy (non-hydrogen) atoms. The molecule has 0 unspecified atom stereocenters. The molecule has 0 atom stereocenters. The van der Waals surface area contributed by atoms with Crippen LogP contribution in [0.2, 0.25) is 0 Å². The van der Waals surface area contributed by atoms with Gasteiger partial charge in [-0.05, 0) is 59.4 Å². The van der Waals surface area contributed by atoms with Crippen molar-refractivity contribution in [3.63, 3.8) is 0 Å². The highest BCUT2D eigenvalue weighted by molar-refractivity contribution is 5.72. The third-order valence-electron chi connectivity index (χ3n) is 4.35. The molecule has 0 aliphatic carbocycles. The van der Waals surface area contributed by atoms with Gasteiger partial charge in [-0.15, -0.1) is 0 Å². The third kappa shape index (κ3) is 3.50. The van der Waals surface area contributed by atoms with E-state index in [9.17, 15) is 5.11 Å². The Labute approximate surface area is 143 Å². The Bertz CT molecular complexity index is 805. The molecule has 0 saturated heterocycles. The van der Waals surface area contributed by atoms with Crippen LogP contribution in [0.1, 0.15) is 22.3 Å². The molecular weight excluding hydrogens is 296 g/mol. The van der Waals surface area contributed by atoms with Crippen molar-refractivity contribution in [1.29, 1.82) is 0 Å². The van der Waals surface area contributed by atoms with E-state index < -0.39 is 0 Å². The molecular formula is C22H22O2. The maximum atomic E-state index is 9.48. The molecule has 0 spiro atoms. The lowest BCUT2D eigenvalue weighted by Gasteiger charge is -2.14. The van der Waals surface area contributed by atoms with Crippen molar-refractivity contribution in [3.8, 4) is 16.9 Å². The zero-order chi connectivity index (χ0) is 16.9. The van der Waals surface area contributed by atoms with Crippen molar-refractivity contribution in [1.82, 2.24) is 0 Å². The summed E-state index contributed by atoms with van der Waals surface area (Å²) < 4.78 is 5.85. The molecule has 0 aromatic heterocycles. The highest BCUT2D eigenvalue weighted by Gasteiger charge is 2.09. The van der Waals surface area contributed by atoms with Crippen LogP contribution < -0.4 is 4.74 Å². The van der Waals surface area contributed by atoms with Crippen molar-refractivity contribution in [2.75, 3.05) is 0 Å². The highest BCUT2D eigenvalue weighted by Crippen LogP contribution is 2.31. The van der Waals surface area contributed by atoms with Crippen LogP contribution in [-0.4, -0.2) is 5.11 Å². The van der Waals surface area contributed by atoms with Crippen molar-refractivity contribution >= 4 is 0 Å². The van der Waals surface area contributed by atoms with E-state index in [0.717, 1.165) is 28.0 Å². The van der Waals surface area contributed by atoms with Crippen LogP contribution in [-0.2, 0) is 13.2 Å². The van der Waals surface area contributed by atoms with Crippen LogP contribution in [0, 0.1) is 13.8 Å². The fourth-order valence-electron chi connectivity index (χ4n) is 2.96. The summed E-state index contributed by atoms with van der Waals surface area (Å²) in [4.78, 5) is 0. The number of aryl methyl sites for hydroxylation is 1. The van der Waals surface area contributed by atoms with Crippen molar-refractivity contribution in [2.24, 2.45) is 0 Å². The average Bonchev–Trinajstić information content (AvgIpc) is 2.62. The zero-order valence-electron chi connectivity index (χ0n) is 14.1. The molecule has 3 rings (SSSR count). The Balaban J connectivity index is 1.80. The molecule has 3 aromatic rings. The van der Waals surface area contributed by atoms with E-state index in [-0.39, 0.29) is 6.61 Å². The van der Waals surface area contributed by atoms with Gasteiger partial charge in [0.2, 0.25) is 0 Å². The first-order chi connectivity index (χ1) is 11.7. The first-order valence-electron chi connectivity index (χ1n) is 8.16. The monoisotopic (exact) mass is 318 g/mol. The molecule has 0 bridgehead atoms. The van der Waals surface area contributed by atoms with Gasteiger partial charge in [-0.2, -0.15) is 0 Å². The minimum atomic E-state index is 0.0668. The molecule has 3 aromatic carbocycles. The van der Waals surface area contributed by atoms with E-state index in [1.54, 1.807) is 0 Å². The van der Waals surface area contributed by atoms with Crippen LogP contribution in [0.4, 0.5) is 0 Å². The molecule has 0 heterocycles. The second-order valence-electron chi connectivity index (χ2n) is 6.00. The van der Waals surface area contributed by atoms with E-state index >= 15 is 0 Å². The molecule has 0 aliphatic rings. The van der Waals surface area contributed by atoms with Crippen molar-refractivity contribution in [3.05, 3.63) is 89.0 Å². The minimum absolute atomic E-state index is 0.0668. The Morgan fingerprint density at radius 3 is 2.21 bits per heavy atom. The summed E-state index contributed by atoms with van der Waals surface area (Å²) in [7, 11) is 0. The highest BCUT2D eigenvalue weighted by atomic mass is 16.5. The molecule has 1 N–H and O–H groups in total. The van der Waals surface area contributed by atoms with Crippen molar-refractivity contribution < 1.29 is 9.84 Å². The third-order valence-corrected chi connectivity index (χ3v) is 4.35. The molecule has 2 heteroatoms. The van der Waals surface area contributed by atoms with Crippen LogP contribution in [0.5, 0.6) is 5.75 Å². The number of benzene rings is 3. The lowest BCUT2D eigenvalue weighted by atomic mass is 9.92. The number of aliphatic hydroxyl groups excluding tert-OH is 1. The first-order valence-corrected chi connectivity index (χ1v) is 8.16. The topological polar surface area (TPSA) is 29.5 Å². The summed E-state index contributed by atoms with van der Waals surface area (Å²) in [5.74, 6) is 0.858. The van der Waals surface area contributed by atoms with E-state index in [4.69, 9.17) is 4.74 Å². The van der Waals surface area contributed by atoms with Crippen LogP contribution >= 0.6 is 0 Å². The van der Waals surface area contributed by atoms with E-state index in [0.29, 0.717) is 6.61 Å². The SMILES string of the molecule is Cc1ccc(CO)c(C)c1-c1ccc(OCc2ccccc2)cc1. The normalized spacial score (nSPS) is 10.6. The molecule has 0 aliphatic heterocycles. The van der Waals surface area contributed by atoms with Gasteiger partial charge < -0.3 is 9.84 Å². The van der Waals surface area contributed by atoms with Crippen LogP contribution in [0.25, 0.3) is 11.1 Å². The summed E-state index contributed by atoms with van der Waals surface area (Å²) in [5, 5.41) is 9.48. The van der Waals surface area contributed by atoms with Gasteiger partial charge in [-0.1, -0.05) is 54.6 Å². The molecule has 0 saturated carbocycles. The van der Waals surface area contributed by atoms with E-state index in [1.165, 1.54) is 11.1 Å². The summed E-state index contributed by atoms with van der Waals surface area (Å²) in [6.45, 7) is 4.80. The van der Waals surface area contributed by atoms with E-state index in [2.05, 4.69) is 44.2 Å². The van der Waals surface area contributed by atoms with Crippen LogP contribution in [0.15, 0.2) is 66.7 Å². The van der Waals surface area contributed by atoms with Gasteiger partial charge in [-0.3, -0.25) is 0 Å². The van der Waals surface area contributed by atoms with Gasteiger partial charge >= 0.3 is 0 Å². The smallest absolute Gasteiger partial charge is 0.119 e. The summed E-state index contributed by atoms with van der Waals surface area (Å²) in [5.41, 5.74) is 6.81. The minimum Gasteiger partial charge on any atom is -0.489 e. The summed E-state index contributed by atoms with van der Waals surface area (Å²) in [6, 6.07) is 22.4. The van der Waals surface area contributed by atoms with Gasteiger partial charge in [0.25, 0.3) is 0 Å². The molecule has 0 fully saturated rings. The number of rotatable bonds is 5. The van der Waals surface area contributed by atoms with E-state index in [1.807, 2.05) is 36.4 Å². The second-order valence-corrected chi connectivity index (χ2v) is 6.00. The number of hydrogen-bond acceptors (Lipinski definition) is 2. The average molecular weight is 318 g/mol. The zero-order valence-corrected chi connectivity index (χ0v) is 14.1. The quantitative estimate of drug-likeness (QED) is 0.714. The van der Waals surface area contributed by atoms with Gasteiger partial charge in [0.15, 0.2) is 0 Å². The largest absolute Gasteiger partial charge is 0.489 e. The molecule has 0 radical (unpaired) electrons. The summed E-state index contributed by atoms with van der Waals surface area (Å²) in [6.07, 6.45) is 0. The predicted octanol–water partition coefficient (Wildman–Crippen LogP) is 5.04. The first kappa shape index (κ1) is 16.3. The standard InChI is InChI=1S/C22H22O2/c1-16-8-9-20(14-23)17(2)22(16)19-10-12-21(13-11-19)24-15-18-6-4-3-5-7-18/h3-13,23H,14-15H2,1-2H3. The molecule has 122 valence electrons. The second kappa shape index (κ2) is 7.33. The number of hydrogen-bond donors (Lipinski definition) is 1. The maximum Gasteiger partial charge on any atom is 0.119 e. The van der Waals surface area contributed by atoms with Crippen LogP contribution in [0.3, 0.4) is 0 Å². The Morgan fingerprint density at radius 1 is 0.833 bits per heavy atom. The lowest BCUT2D eigenvalue weighted by Crippen LogP contribution is -1.96. The predicted molar refractivity (Wildman–Crippen MR) is 98.0 cm³/mol. The number of ether oxygens (including phenoxy) is 1.